The molecule has 0 bridgehead atoms. The summed E-state index contributed by atoms with van der Waals surface area (Å²) in [5.41, 5.74) is -2.12. The van der Waals surface area contributed by atoms with Crippen molar-refractivity contribution in [3.05, 3.63) is 0 Å². The molecule has 0 aromatic carbocycles. The predicted molar refractivity (Wildman–Crippen MR) is 78.2 cm³/mol. The molecule has 1 rings (SSSR count). The van der Waals surface area contributed by atoms with Crippen LogP contribution in [0.4, 0.5) is 13.2 Å². The molecule has 1 unspecified atom stereocenters. The molecule has 0 aromatic heterocycles. The summed E-state index contributed by atoms with van der Waals surface area (Å²) in [6.07, 6.45) is 4.02. The normalized spacial score (nSPS) is 22.7. The Balaban J connectivity index is 2.23. The molecule has 1 aliphatic rings. The fourth-order valence-corrected chi connectivity index (χ4v) is 2.99. The van der Waals surface area contributed by atoms with E-state index in [4.69, 9.17) is 0 Å². The number of carbonyl (C=O) groups is 1. The molecule has 21 heavy (non-hydrogen) atoms. The van der Waals surface area contributed by atoms with Crippen LogP contribution in [0.15, 0.2) is 0 Å². The van der Waals surface area contributed by atoms with Crippen LogP contribution < -0.4 is 5.32 Å². The van der Waals surface area contributed by atoms with Gasteiger partial charge >= 0.3 is 6.18 Å². The third-order valence-electron chi connectivity index (χ3n) is 4.49. The second kappa shape index (κ2) is 8.76. The van der Waals surface area contributed by atoms with E-state index in [1.165, 1.54) is 25.7 Å². The molecule has 5 heteroatoms. The molecule has 0 aromatic rings. The van der Waals surface area contributed by atoms with Gasteiger partial charge in [0.1, 0.15) is 11.2 Å². The molecule has 1 N–H and O–H groups in total. The molecule has 0 amide bonds. The van der Waals surface area contributed by atoms with Gasteiger partial charge in [-0.25, -0.2) is 0 Å². The summed E-state index contributed by atoms with van der Waals surface area (Å²) >= 11 is 0. The van der Waals surface area contributed by atoms with E-state index in [1.807, 2.05) is 0 Å². The maximum atomic E-state index is 13.2. The summed E-state index contributed by atoms with van der Waals surface area (Å²) < 4.78 is 39.5. The Labute approximate surface area is 125 Å². The lowest BCUT2D eigenvalue weighted by atomic mass is 9.79. The molecule has 1 saturated heterocycles. The van der Waals surface area contributed by atoms with Gasteiger partial charge in [0.25, 0.3) is 0 Å². The minimum atomic E-state index is -4.42. The molecule has 1 atom stereocenters. The Morgan fingerprint density at radius 3 is 2.10 bits per heavy atom. The van der Waals surface area contributed by atoms with Crippen molar-refractivity contribution in [1.82, 2.24) is 5.32 Å². The molecular weight excluding hydrogens is 279 g/mol. The lowest BCUT2D eigenvalue weighted by Gasteiger charge is -2.29. The first-order chi connectivity index (χ1) is 9.94. The first-order valence-corrected chi connectivity index (χ1v) is 8.25. The van der Waals surface area contributed by atoms with Crippen LogP contribution in [0.2, 0.25) is 0 Å². The van der Waals surface area contributed by atoms with Gasteiger partial charge in [0.05, 0.1) is 0 Å². The zero-order chi connectivity index (χ0) is 15.8. The largest absolute Gasteiger partial charge is 0.402 e. The number of rotatable bonds is 10. The van der Waals surface area contributed by atoms with Crippen LogP contribution in [-0.4, -0.2) is 25.0 Å². The predicted octanol–water partition coefficient (Wildman–Crippen LogP) is 4.63. The van der Waals surface area contributed by atoms with Crippen LogP contribution in [0.25, 0.3) is 0 Å². The highest BCUT2D eigenvalue weighted by Crippen LogP contribution is 2.44. The topological polar surface area (TPSA) is 29.1 Å². The van der Waals surface area contributed by atoms with Crippen LogP contribution in [0.1, 0.15) is 71.1 Å². The van der Waals surface area contributed by atoms with Crippen LogP contribution in [0, 0.1) is 5.41 Å². The number of unbranched alkanes of at least 4 members (excludes halogenated alkanes) is 7. The molecule has 1 aliphatic heterocycles. The third-order valence-corrected chi connectivity index (χ3v) is 4.49. The van der Waals surface area contributed by atoms with Crippen molar-refractivity contribution in [2.45, 2.75) is 77.3 Å². The Morgan fingerprint density at radius 1 is 1.05 bits per heavy atom. The number of nitrogens with one attached hydrogen (secondary N) is 1. The van der Waals surface area contributed by atoms with Gasteiger partial charge in [0, 0.05) is 13.0 Å². The fraction of sp³-hybridized carbons (Fsp3) is 0.938. The first-order valence-electron chi connectivity index (χ1n) is 8.25. The van der Waals surface area contributed by atoms with Gasteiger partial charge in [-0.3, -0.25) is 4.79 Å². The van der Waals surface area contributed by atoms with Crippen molar-refractivity contribution >= 4 is 5.78 Å². The van der Waals surface area contributed by atoms with Gasteiger partial charge < -0.3 is 5.32 Å². The van der Waals surface area contributed by atoms with Crippen LogP contribution in [0.3, 0.4) is 0 Å². The number of ketones is 1. The second-order valence-corrected chi connectivity index (χ2v) is 6.15. The number of alkyl halides is 3. The van der Waals surface area contributed by atoms with Crippen molar-refractivity contribution < 1.29 is 18.0 Å². The van der Waals surface area contributed by atoms with Gasteiger partial charge in [-0.1, -0.05) is 51.9 Å². The molecule has 0 spiro atoms. The monoisotopic (exact) mass is 307 g/mol. The molecule has 1 fully saturated rings. The minimum Gasteiger partial charge on any atom is -0.315 e. The molecular formula is C16H28F3NO. The minimum absolute atomic E-state index is 0.0656. The Hall–Kier alpha value is -0.580. The van der Waals surface area contributed by atoms with Gasteiger partial charge in [0.15, 0.2) is 0 Å². The van der Waals surface area contributed by atoms with Crippen molar-refractivity contribution in [2.24, 2.45) is 5.41 Å². The molecule has 0 saturated carbocycles. The van der Waals surface area contributed by atoms with E-state index < -0.39 is 17.4 Å². The summed E-state index contributed by atoms with van der Waals surface area (Å²) in [4.78, 5) is 12.0. The van der Waals surface area contributed by atoms with E-state index in [1.54, 1.807) is 0 Å². The summed E-state index contributed by atoms with van der Waals surface area (Å²) in [5, 5.41) is 2.69. The average Bonchev–Trinajstić information content (AvgIpc) is 2.92. The third kappa shape index (κ3) is 5.28. The molecule has 0 aliphatic carbocycles. The SMILES string of the molecule is CCCCCCCCCCC(=O)C1(C(F)(F)F)CCNC1. The molecule has 1 heterocycles. The second-order valence-electron chi connectivity index (χ2n) is 6.15. The Kier molecular flexibility index (Phi) is 7.71. The van der Waals surface area contributed by atoms with Crippen molar-refractivity contribution in [2.75, 3.05) is 13.1 Å². The Morgan fingerprint density at radius 2 is 1.62 bits per heavy atom. The highest BCUT2D eigenvalue weighted by molar-refractivity contribution is 5.86. The van der Waals surface area contributed by atoms with E-state index in [2.05, 4.69) is 12.2 Å². The van der Waals surface area contributed by atoms with Gasteiger partial charge in [-0.15, -0.1) is 0 Å². The number of hydrogen-bond donors (Lipinski definition) is 1. The smallest absolute Gasteiger partial charge is 0.315 e. The van der Waals surface area contributed by atoms with Crippen molar-refractivity contribution in [3.63, 3.8) is 0 Å². The first kappa shape index (κ1) is 18.5. The lowest BCUT2D eigenvalue weighted by molar-refractivity contribution is -0.214. The lowest BCUT2D eigenvalue weighted by Crippen LogP contribution is -2.46. The van der Waals surface area contributed by atoms with E-state index in [9.17, 15) is 18.0 Å². The number of Topliss-reactive ketones (excluding diaryl/α,β-unsaturated/α-hetero) is 1. The molecule has 0 radical (unpaired) electrons. The van der Waals surface area contributed by atoms with Gasteiger partial charge in [0.2, 0.25) is 0 Å². The zero-order valence-electron chi connectivity index (χ0n) is 13.0. The highest BCUT2D eigenvalue weighted by atomic mass is 19.4. The van der Waals surface area contributed by atoms with Gasteiger partial charge in [-0.05, 0) is 19.4 Å². The zero-order valence-corrected chi connectivity index (χ0v) is 13.0. The van der Waals surface area contributed by atoms with E-state index >= 15 is 0 Å². The quantitative estimate of drug-likeness (QED) is 0.596. The van der Waals surface area contributed by atoms with E-state index in [0.717, 1.165) is 19.3 Å². The van der Waals surface area contributed by atoms with Crippen molar-refractivity contribution in [1.29, 1.82) is 0 Å². The standard InChI is InChI=1S/C16H28F3NO/c1-2-3-4-5-6-7-8-9-10-14(21)15(16(17,18)19)11-12-20-13-15/h20H,2-13H2,1H3. The average molecular weight is 307 g/mol. The summed E-state index contributed by atoms with van der Waals surface area (Å²) in [6.45, 7) is 2.20. The summed E-state index contributed by atoms with van der Waals surface area (Å²) in [7, 11) is 0. The number of hydrogen-bond acceptors (Lipinski definition) is 2. The molecule has 2 nitrogen and oxygen atoms in total. The maximum Gasteiger partial charge on any atom is 0.402 e. The summed E-state index contributed by atoms with van der Waals surface area (Å²) in [5.74, 6) is -0.619. The maximum absolute atomic E-state index is 13.2. The number of carbonyl (C=O) groups excluding carboxylic acids is 1. The van der Waals surface area contributed by atoms with E-state index in [-0.39, 0.29) is 25.9 Å². The number of halogens is 3. The highest BCUT2D eigenvalue weighted by Gasteiger charge is 2.60. The Bertz CT molecular complexity index is 309. The van der Waals surface area contributed by atoms with Crippen molar-refractivity contribution in [3.8, 4) is 0 Å². The van der Waals surface area contributed by atoms with Gasteiger partial charge in [-0.2, -0.15) is 13.2 Å². The fourth-order valence-electron chi connectivity index (χ4n) is 2.99. The van der Waals surface area contributed by atoms with E-state index in [0.29, 0.717) is 6.42 Å². The van der Waals surface area contributed by atoms with Crippen LogP contribution in [0.5, 0.6) is 0 Å². The van der Waals surface area contributed by atoms with Crippen LogP contribution in [-0.2, 0) is 4.79 Å². The van der Waals surface area contributed by atoms with Crippen LogP contribution >= 0.6 is 0 Å². The molecule has 124 valence electrons. The summed E-state index contributed by atoms with van der Waals surface area (Å²) in [6, 6.07) is 0.